The summed E-state index contributed by atoms with van der Waals surface area (Å²) in [4.78, 5) is 26.3. The highest BCUT2D eigenvalue weighted by molar-refractivity contribution is 6.02. The molecule has 0 spiro atoms. The number of ketones is 1. The molecule has 2 N–H and O–H groups in total. The lowest BCUT2D eigenvalue weighted by Crippen LogP contribution is -3.19. The molecule has 2 heterocycles. The van der Waals surface area contributed by atoms with Gasteiger partial charge in [-0.3, -0.25) is 14.9 Å². The Kier molecular flexibility index (Phi) is 4.88. The van der Waals surface area contributed by atoms with Crippen LogP contribution < -0.4 is 10.2 Å². The van der Waals surface area contributed by atoms with E-state index in [9.17, 15) is 9.59 Å². The third-order valence-corrected chi connectivity index (χ3v) is 4.24. The number of Topliss-reactive ketones (excluding diaryl/α,β-unsaturated/α-hetero) is 1. The average molecular weight is 313 g/mol. The van der Waals surface area contributed by atoms with E-state index in [2.05, 4.69) is 5.32 Å². The Labute approximate surface area is 135 Å². The molecule has 5 heteroatoms. The van der Waals surface area contributed by atoms with E-state index in [1.54, 1.807) is 24.3 Å². The molecule has 120 valence electrons. The maximum absolute atomic E-state index is 12.9. The van der Waals surface area contributed by atoms with Crippen molar-refractivity contribution in [2.75, 3.05) is 13.1 Å². The number of quaternary nitrogens is 1. The number of carbonyl (C=O) groups excluding carboxylic acids is 2. The minimum atomic E-state index is -0.574. The molecule has 1 aromatic carbocycles. The number of amides is 1. The number of hydrogen-bond acceptors (Lipinski definition) is 3. The van der Waals surface area contributed by atoms with E-state index in [4.69, 9.17) is 4.42 Å². The molecule has 1 aliphatic rings. The predicted octanol–water partition coefficient (Wildman–Crippen LogP) is 1.29. The molecule has 5 nitrogen and oxygen atoms in total. The molecular weight excluding hydrogens is 292 g/mol. The second-order valence-electron chi connectivity index (χ2n) is 5.83. The Hall–Kier alpha value is -2.40. The molecule has 0 unspecified atom stereocenters. The summed E-state index contributed by atoms with van der Waals surface area (Å²) < 4.78 is 5.14. The van der Waals surface area contributed by atoms with Crippen LogP contribution in [0.5, 0.6) is 0 Å². The Morgan fingerprint density at radius 2 is 1.74 bits per heavy atom. The lowest BCUT2D eigenvalue weighted by molar-refractivity contribution is -0.922. The van der Waals surface area contributed by atoms with Gasteiger partial charge >= 0.3 is 0 Å². The Morgan fingerprint density at radius 1 is 1.00 bits per heavy atom. The van der Waals surface area contributed by atoms with E-state index in [1.165, 1.54) is 12.7 Å². The van der Waals surface area contributed by atoms with Crippen molar-refractivity contribution in [3.8, 4) is 0 Å². The average Bonchev–Trinajstić information content (AvgIpc) is 3.15. The van der Waals surface area contributed by atoms with Crippen LogP contribution in [0.25, 0.3) is 0 Å². The van der Waals surface area contributed by atoms with Gasteiger partial charge in [-0.1, -0.05) is 30.3 Å². The maximum Gasteiger partial charge on any atom is 0.291 e. The van der Waals surface area contributed by atoms with Gasteiger partial charge in [0, 0.05) is 5.56 Å². The summed E-state index contributed by atoms with van der Waals surface area (Å²) in [5, 5.41) is 2.87. The Balaban J connectivity index is 1.81. The van der Waals surface area contributed by atoms with Crippen LogP contribution in [0, 0.1) is 0 Å². The summed E-state index contributed by atoms with van der Waals surface area (Å²) in [5.41, 5.74) is 0.621. The Bertz CT molecular complexity index is 646. The third kappa shape index (κ3) is 3.68. The van der Waals surface area contributed by atoms with Gasteiger partial charge < -0.3 is 9.32 Å². The summed E-state index contributed by atoms with van der Waals surface area (Å²) in [5.74, 6) is -0.169. The van der Waals surface area contributed by atoms with Crippen molar-refractivity contribution in [3.63, 3.8) is 0 Å². The van der Waals surface area contributed by atoms with Gasteiger partial charge in [-0.15, -0.1) is 0 Å². The quantitative estimate of drug-likeness (QED) is 0.818. The van der Waals surface area contributed by atoms with Crippen LogP contribution in [-0.4, -0.2) is 30.9 Å². The molecule has 1 aliphatic heterocycles. The molecule has 1 atom stereocenters. The van der Waals surface area contributed by atoms with Gasteiger partial charge in [-0.25, -0.2) is 0 Å². The summed E-state index contributed by atoms with van der Waals surface area (Å²) >= 11 is 0. The fourth-order valence-corrected chi connectivity index (χ4v) is 3.03. The van der Waals surface area contributed by atoms with Crippen molar-refractivity contribution in [2.24, 2.45) is 0 Å². The highest BCUT2D eigenvalue weighted by atomic mass is 16.3. The lowest BCUT2D eigenvalue weighted by atomic mass is 10.0. The minimum absolute atomic E-state index is 0.0533. The van der Waals surface area contributed by atoms with Crippen LogP contribution in [0.1, 0.15) is 40.2 Å². The van der Waals surface area contributed by atoms with E-state index in [-0.39, 0.29) is 17.5 Å². The van der Waals surface area contributed by atoms with Crippen LogP contribution >= 0.6 is 0 Å². The first-order chi connectivity index (χ1) is 11.3. The van der Waals surface area contributed by atoms with Crippen molar-refractivity contribution in [3.05, 3.63) is 60.1 Å². The summed E-state index contributed by atoms with van der Waals surface area (Å²) in [7, 11) is 0. The normalized spacial score (nSPS) is 16.7. The van der Waals surface area contributed by atoms with E-state index >= 15 is 0 Å². The number of nitrogens with one attached hydrogen (secondary N) is 2. The van der Waals surface area contributed by atoms with Crippen molar-refractivity contribution < 1.29 is 18.9 Å². The van der Waals surface area contributed by atoms with Gasteiger partial charge in [-0.2, -0.15) is 0 Å². The van der Waals surface area contributed by atoms with Gasteiger partial charge in [-0.05, 0) is 31.4 Å². The summed E-state index contributed by atoms with van der Waals surface area (Å²) in [6, 6.07) is 12.4. The van der Waals surface area contributed by atoms with Crippen molar-refractivity contribution >= 4 is 11.7 Å². The molecule has 3 rings (SSSR count). The number of carbonyl (C=O) groups is 2. The molecule has 1 amide bonds. The van der Waals surface area contributed by atoms with E-state index in [1.807, 2.05) is 18.2 Å². The second kappa shape index (κ2) is 7.24. The zero-order valence-electron chi connectivity index (χ0n) is 13.0. The molecule has 2 aromatic rings. The van der Waals surface area contributed by atoms with Gasteiger partial charge in [0.25, 0.3) is 5.91 Å². The first kappa shape index (κ1) is 15.5. The first-order valence-electron chi connectivity index (χ1n) is 8.04. The third-order valence-electron chi connectivity index (χ3n) is 4.24. The molecule has 0 aliphatic carbocycles. The van der Waals surface area contributed by atoms with Gasteiger partial charge in [0.2, 0.25) is 11.9 Å². The molecule has 0 radical (unpaired) electrons. The van der Waals surface area contributed by atoms with Gasteiger partial charge in [0.05, 0.1) is 19.4 Å². The van der Waals surface area contributed by atoms with Crippen LogP contribution in [0.2, 0.25) is 0 Å². The standard InChI is InChI=1S/C18H20N2O3/c21-16(14-8-3-1-4-9-14)17(20-11-5-2-6-12-20)19-18(22)15-10-7-13-23-15/h1,3-4,7-10,13,17H,2,5-6,11-12H2,(H,19,22)/p+1/t17-/m0/s1. The fraction of sp³-hybridized carbons (Fsp3) is 0.333. The molecule has 23 heavy (non-hydrogen) atoms. The zero-order chi connectivity index (χ0) is 16.1. The number of hydrogen-bond donors (Lipinski definition) is 2. The number of benzene rings is 1. The van der Waals surface area contributed by atoms with Gasteiger partial charge in [0.1, 0.15) is 0 Å². The predicted molar refractivity (Wildman–Crippen MR) is 85.3 cm³/mol. The zero-order valence-corrected chi connectivity index (χ0v) is 13.0. The number of rotatable bonds is 5. The highest BCUT2D eigenvalue weighted by Gasteiger charge is 2.33. The first-order valence-corrected chi connectivity index (χ1v) is 8.04. The van der Waals surface area contributed by atoms with Crippen LogP contribution in [-0.2, 0) is 0 Å². The van der Waals surface area contributed by atoms with Crippen LogP contribution in [0.3, 0.4) is 0 Å². The maximum atomic E-state index is 12.9. The van der Waals surface area contributed by atoms with Crippen molar-refractivity contribution in [1.82, 2.24) is 5.32 Å². The number of furan rings is 1. The minimum Gasteiger partial charge on any atom is -0.459 e. The molecular formula is C18H21N2O3+. The van der Waals surface area contributed by atoms with Crippen molar-refractivity contribution in [2.45, 2.75) is 25.4 Å². The molecule has 1 fully saturated rings. The monoisotopic (exact) mass is 313 g/mol. The SMILES string of the molecule is O=C(N[C@H](C(=O)c1ccccc1)[NH+]1CCCCC1)c1ccco1. The topological polar surface area (TPSA) is 63.8 Å². The second-order valence-corrected chi connectivity index (χ2v) is 5.83. The lowest BCUT2D eigenvalue weighted by Gasteiger charge is -2.30. The smallest absolute Gasteiger partial charge is 0.291 e. The van der Waals surface area contributed by atoms with Crippen LogP contribution in [0.4, 0.5) is 0 Å². The van der Waals surface area contributed by atoms with E-state index in [0.717, 1.165) is 30.8 Å². The molecule has 1 saturated heterocycles. The van der Waals surface area contributed by atoms with Crippen molar-refractivity contribution in [1.29, 1.82) is 0 Å². The summed E-state index contributed by atoms with van der Waals surface area (Å²) in [6.07, 6.45) is 4.21. The molecule has 0 bridgehead atoms. The largest absolute Gasteiger partial charge is 0.459 e. The number of piperidine rings is 1. The summed E-state index contributed by atoms with van der Waals surface area (Å²) in [6.45, 7) is 1.78. The highest BCUT2D eigenvalue weighted by Crippen LogP contribution is 2.05. The van der Waals surface area contributed by atoms with Crippen LogP contribution in [0.15, 0.2) is 53.1 Å². The molecule has 1 aromatic heterocycles. The van der Waals surface area contributed by atoms with E-state index < -0.39 is 6.17 Å². The van der Waals surface area contributed by atoms with Gasteiger partial charge in [0.15, 0.2) is 5.76 Å². The molecule has 0 saturated carbocycles. The Morgan fingerprint density at radius 3 is 2.39 bits per heavy atom. The van der Waals surface area contributed by atoms with E-state index in [0.29, 0.717) is 5.56 Å². The number of likely N-dealkylation sites (tertiary alicyclic amines) is 1. The fourth-order valence-electron chi connectivity index (χ4n) is 3.03.